The number of carbonyl (C=O) groups is 1. The van der Waals surface area contributed by atoms with Crippen LogP contribution in [0.1, 0.15) is 21.6 Å². The van der Waals surface area contributed by atoms with Gasteiger partial charge in [0.25, 0.3) is 11.5 Å². The number of halogens is 1. The monoisotopic (exact) mass is 419 g/mol. The van der Waals surface area contributed by atoms with Gasteiger partial charge in [0.1, 0.15) is 11.5 Å². The Morgan fingerprint density at radius 1 is 1.10 bits per heavy atom. The highest BCUT2D eigenvalue weighted by Crippen LogP contribution is 2.29. The summed E-state index contributed by atoms with van der Waals surface area (Å²) in [5.74, 6) is -0.235. The number of thioether (sulfide) groups is 1. The summed E-state index contributed by atoms with van der Waals surface area (Å²) in [5.41, 5.74) is 3.12. The molecule has 2 aromatic carbocycles. The van der Waals surface area contributed by atoms with Crippen molar-refractivity contribution < 1.29 is 9.18 Å². The normalized spacial score (nSPS) is 10.9. The smallest absolute Gasteiger partial charge is 0.258 e. The van der Waals surface area contributed by atoms with Crippen molar-refractivity contribution in [1.29, 1.82) is 0 Å². The van der Waals surface area contributed by atoms with Gasteiger partial charge in [0.2, 0.25) is 0 Å². The number of hydrogen-bond acceptors (Lipinski definition) is 4. The molecule has 0 aliphatic rings. The molecule has 0 aliphatic carbocycles. The van der Waals surface area contributed by atoms with E-state index in [-0.39, 0.29) is 11.5 Å². The number of anilines is 1. The number of nitrogens with one attached hydrogen (secondary N) is 1. The summed E-state index contributed by atoms with van der Waals surface area (Å²) in [4.78, 5) is 30.3. The van der Waals surface area contributed by atoms with Crippen LogP contribution in [0.4, 0.5) is 10.1 Å². The van der Waals surface area contributed by atoms with Crippen LogP contribution in [0.2, 0.25) is 0 Å². The number of benzene rings is 2. The summed E-state index contributed by atoms with van der Waals surface area (Å²) in [6, 6.07) is 18.0. The second kappa shape index (κ2) is 8.51. The van der Waals surface area contributed by atoms with Gasteiger partial charge in [0.05, 0.1) is 11.4 Å². The van der Waals surface area contributed by atoms with E-state index in [0.29, 0.717) is 28.3 Å². The predicted molar refractivity (Wildman–Crippen MR) is 117 cm³/mol. The first-order valence-corrected chi connectivity index (χ1v) is 10.3. The van der Waals surface area contributed by atoms with Crippen molar-refractivity contribution in [2.45, 2.75) is 17.6 Å². The molecule has 2 heterocycles. The number of amides is 1. The Morgan fingerprint density at radius 3 is 2.67 bits per heavy atom. The molecule has 0 spiro atoms. The van der Waals surface area contributed by atoms with Crippen molar-refractivity contribution in [3.63, 3.8) is 0 Å². The summed E-state index contributed by atoms with van der Waals surface area (Å²) in [6.45, 7) is 1.92. The molecule has 1 N–H and O–H groups in total. The number of fused-ring (bicyclic) bond motifs is 1. The van der Waals surface area contributed by atoms with Gasteiger partial charge >= 0.3 is 0 Å². The fourth-order valence-corrected chi connectivity index (χ4v) is 3.93. The lowest BCUT2D eigenvalue weighted by molar-refractivity contribution is 0.102. The first kappa shape index (κ1) is 19.8. The van der Waals surface area contributed by atoms with Gasteiger partial charge in [0, 0.05) is 28.5 Å². The van der Waals surface area contributed by atoms with Crippen LogP contribution in [0.3, 0.4) is 0 Å². The molecule has 0 fully saturated rings. The Kier molecular flexibility index (Phi) is 5.63. The zero-order valence-corrected chi connectivity index (χ0v) is 16.9. The minimum absolute atomic E-state index is 0.128. The minimum Gasteiger partial charge on any atom is -0.321 e. The average molecular weight is 419 g/mol. The summed E-state index contributed by atoms with van der Waals surface area (Å²) >= 11 is 1.48. The van der Waals surface area contributed by atoms with Gasteiger partial charge in [0.15, 0.2) is 0 Å². The summed E-state index contributed by atoms with van der Waals surface area (Å²) < 4.78 is 14.6. The number of hydrogen-bond donors (Lipinski definition) is 1. The van der Waals surface area contributed by atoms with E-state index in [1.54, 1.807) is 12.3 Å². The van der Waals surface area contributed by atoms with Crippen molar-refractivity contribution in [3.8, 4) is 0 Å². The number of pyridine rings is 1. The Balaban J connectivity index is 1.54. The highest BCUT2D eigenvalue weighted by Gasteiger charge is 2.11. The molecule has 150 valence electrons. The second-order valence-corrected chi connectivity index (χ2v) is 7.73. The quantitative estimate of drug-likeness (QED) is 0.477. The van der Waals surface area contributed by atoms with Gasteiger partial charge in [-0.25, -0.2) is 9.37 Å². The van der Waals surface area contributed by atoms with E-state index >= 15 is 0 Å². The molecule has 5 nitrogen and oxygen atoms in total. The van der Waals surface area contributed by atoms with Crippen LogP contribution in [-0.4, -0.2) is 15.3 Å². The Morgan fingerprint density at radius 2 is 1.87 bits per heavy atom. The SMILES string of the molecule is Cc1cccn2c(=O)cc(CSc3ccccc3NC(=O)c3ccc(F)cc3)nc12. The number of aromatic nitrogens is 2. The number of aryl methyl sites for hydroxylation is 1. The summed E-state index contributed by atoms with van der Waals surface area (Å²) in [5, 5.41) is 2.86. The lowest BCUT2D eigenvalue weighted by Gasteiger charge is -2.11. The van der Waals surface area contributed by atoms with Gasteiger partial charge in [-0.15, -0.1) is 11.8 Å². The largest absolute Gasteiger partial charge is 0.321 e. The molecule has 0 atom stereocenters. The van der Waals surface area contributed by atoms with Crippen LogP contribution in [0.15, 0.2) is 82.6 Å². The third kappa shape index (κ3) is 4.26. The van der Waals surface area contributed by atoms with E-state index in [4.69, 9.17) is 0 Å². The minimum atomic E-state index is -0.392. The van der Waals surface area contributed by atoms with Crippen LogP contribution >= 0.6 is 11.8 Å². The Hall–Kier alpha value is -3.45. The first-order chi connectivity index (χ1) is 14.5. The molecule has 1 amide bonds. The molecule has 0 aliphatic heterocycles. The Labute approximate surface area is 176 Å². The third-order valence-corrected chi connectivity index (χ3v) is 5.66. The fraction of sp³-hybridized carbons (Fsp3) is 0.0870. The van der Waals surface area contributed by atoms with Gasteiger partial charge in [-0.1, -0.05) is 18.2 Å². The fourth-order valence-electron chi connectivity index (χ4n) is 3.03. The third-order valence-electron chi connectivity index (χ3n) is 4.56. The van der Waals surface area contributed by atoms with Gasteiger partial charge < -0.3 is 5.32 Å². The number of carbonyl (C=O) groups excluding carboxylic acids is 1. The molecular formula is C23H18FN3O2S. The van der Waals surface area contributed by atoms with Gasteiger partial charge in [-0.05, 0) is 55.0 Å². The lowest BCUT2D eigenvalue weighted by Crippen LogP contribution is -2.15. The van der Waals surface area contributed by atoms with Crippen molar-refractivity contribution in [2.75, 3.05) is 5.32 Å². The van der Waals surface area contributed by atoms with Gasteiger partial charge in [-0.2, -0.15) is 0 Å². The predicted octanol–water partition coefficient (Wildman–Crippen LogP) is 4.69. The van der Waals surface area contributed by atoms with Crippen LogP contribution in [-0.2, 0) is 5.75 Å². The van der Waals surface area contributed by atoms with E-state index in [1.165, 1.54) is 46.5 Å². The number of nitrogens with zero attached hydrogens (tertiary/aromatic N) is 2. The molecule has 0 radical (unpaired) electrons. The van der Waals surface area contributed by atoms with Crippen molar-refractivity contribution in [2.24, 2.45) is 0 Å². The maximum atomic E-state index is 13.1. The molecule has 0 unspecified atom stereocenters. The van der Waals surface area contributed by atoms with E-state index < -0.39 is 5.82 Å². The topological polar surface area (TPSA) is 63.5 Å². The lowest BCUT2D eigenvalue weighted by atomic mass is 10.2. The average Bonchev–Trinajstić information content (AvgIpc) is 2.74. The Bertz CT molecular complexity index is 1290. The second-order valence-electron chi connectivity index (χ2n) is 6.72. The standard InChI is InChI=1S/C23H18FN3O2S/c1-15-5-4-12-27-21(28)13-18(25-22(15)27)14-30-20-7-3-2-6-19(20)26-23(29)16-8-10-17(24)11-9-16/h2-13H,14H2,1H3,(H,26,29). The van der Waals surface area contributed by atoms with E-state index in [2.05, 4.69) is 10.3 Å². The molecule has 4 rings (SSSR count). The molecule has 0 bridgehead atoms. The molecule has 0 saturated heterocycles. The maximum Gasteiger partial charge on any atom is 0.258 e. The highest BCUT2D eigenvalue weighted by molar-refractivity contribution is 7.98. The van der Waals surface area contributed by atoms with Crippen molar-refractivity contribution in [3.05, 3.63) is 106 Å². The first-order valence-electron chi connectivity index (χ1n) is 9.28. The van der Waals surface area contributed by atoms with Gasteiger partial charge in [-0.3, -0.25) is 14.0 Å². The molecule has 2 aromatic heterocycles. The summed E-state index contributed by atoms with van der Waals surface area (Å²) in [6.07, 6.45) is 1.70. The molecular weight excluding hydrogens is 401 g/mol. The zero-order chi connectivity index (χ0) is 21.1. The van der Waals surface area contributed by atoms with Crippen LogP contribution < -0.4 is 10.9 Å². The highest BCUT2D eigenvalue weighted by atomic mass is 32.2. The zero-order valence-electron chi connectivity index (χ0n) is 16.1. The summed E-state index contributed by atoms with van der Waals surface area (Å²) in [7, 11) is 0. The van der Waals surface area contributed by atoms with Crippen LogP contribution in [0.25, 0.3) is 5.65 Å². The molecule has 4 aromatic rings. The van der Waals surface area contributed by atoms with Crippen molar-refractivity contribution >= 4 is 29.0 Å². The maximum absolute atomic E-state index is 13.1. The van der Waals surface area contributed by atoms with E-state index in [1.807, 2.05) is 37.3 Å². The van der Waals surface area contributed by atoms with Crippen LogP contribution in [0, 0.1) is 12.7 Å². The van der Waals surface area contributed by atoms with E-state index in [0.717, 1.165) is 10.5 Å². The van der Waals surface area contributed by atoms with E-state index in [9.17, 15) is 14.0 Å². The molecule has 30 heavy (non-hydrogen) atoms. The number of rotatable bonds is 5. The number of para-hydroxylation sites is 1. The van der Waals surface area contributed by atoms with Crippen molar-refractivity contribution in [1.82, 2.24) is 9.38 Å². The molecule has 7 heteroatoms. The van der Waals surface area contributed by atoms with Crippen LogP contribution in [0.5, 0.6) is 0 Å². The molecule has 0 saturated carbocycles.